The molecule has 0 N–H and O–H groups in total. The number of aryl methyl sites for hydroxylation is 1. The number of benzene rings is 1. The third-order valence-corrected chi connectivity index (χ3v) is 7.49. The summed E-state index contributed by atoms with van der Waals surface area (Å²) in [5, 5.41) is -0.0976. The first-order chi connectivity index (χ1) is 10.1. The Morgan fingerprint density at radius 1 is 1.10 bits per heavy atom. The topological polar surface area (TPSA) is 46.6 Å². The molecule has 0 aromatic heterocycles. The summed E-state index contributed by atoms with van der Waals surface area (Å²) in [6.45, 7) is 1.22. The van der Waals surface area contributed by atoms with Crippen LogP contribution in [-0.4, -0.2) is 36.7 Å². The van der Waals surface area contributed by atoms with Crippen LogP contribution < -0.4 is 4.74 Å². The van der Waals surface area contributed by atoms with Crippen LogP contribution in [0.1, 0.15) is 37.7 Å². The van der Waals surface area contributed by atoms with Crippen LogP contribution in [0.15, 0.2) is 24.3 Å². The van der Waals surface area contributed by atoms with E-state index >= 15 is 0 Å². The molecule has 3 aliphatic rings. The van der Waals surface area contributed by atoms with Gasteiger partial charge in [-0.15, -0.1) is 0 Å². The molecule has 0 radical (unpaired) electrons. The summed E-state index contributed by atoms with van der Waals surface area (Å²) in [6.07, 6.45) is 5.34. The normalized spacial score (nSPS) is 25.3. The Morgan fingerprint density at radius 2 is 1.81 bits per heavy atom. The Morgan fingerprint density at radius 3 is 2.52 bits per heavy atom. The molecule has 1 aromatic rings. The smallest absolute Gasteiger partial charge is 0.216 e. The van der Waals surface area contributed by atoms with E-state index in [-0.39, 0.29) is 10.9 Å². The van der Waals surface area contributed by atoms with Crippen molar-refractivity contribution in [2.45, 2.75) is 49.4 Å². The molecule has 4 nitrogen and oxygen atoms in total. The Hall–Kier alpha value is -1.07. The maximum atomic E-state index is 12.3. The van der Waals surface area contributed by atoms with Crippen LogP contribution in [0.2, 0.25) is 0 Å². The molecule has 1 spiro atoms. The molecule has 0 bridgehead atoms. The highest BCUT2D eigenvalue weighted by Crippen LogP contribution is 2.41. The molecule has 0 unspecified atom stereocenters. The molecular weight excluding hydrogens is 286 g/mol. The molecule has 4 rings (SSSR count). The molecule has 1 aromatic carbocycles. The summed E-state index contributed by atoms with van der Waals surface area (Å²) in [4.78, 5) is 0. The molecule has 2 fully saturated rings. The van der Waals surface area contributed by atoms with Gasteiger partial charge in [-0.05, 0) is 37.3 Å². The van der Waals surface area contributed by atoms with Gasteiger partial charge < -0.3 is 4.74 Å². The Labute approximate surface area is 126 Å². The molecule has 1 saturated heterocycles. The number of hydrogen-bond donors (Lipinski definition) is 0. The minimum atomic E-state index is -3.03. The predicted octanol–water partition coefficient (Wildman–Crippen LogP) is 2.34. The summed E-state index contributed by atoms with van der Waals surface area (Å²) in [5.74, 6) is 0.988. The minimum absolute atomic E-state index is 0.0976. The molecular formula is C16H21NO3S. The monoisotopic (exact) mass is 307 g/mol. The van der Waals surface area contributed by atoms with Crippen molar-refractivity contribution in [3.63, 3.8) is 0 Å². The standard InChI is InChI=1S/C16H21NO3S/c18-21(19,14-5-6-14)17-11-9-16(10-12-17)8-7-13-3-1-2-4-15(13)20-16/h1-4,14H,5-12H2. The summed E-state index contributed by atoms with van der Waals surface area (Å²) in [5.41, 5.74) is 1.13. The van der Waals surface area contributed by atoms with Crippen molar-refractivity contribution >= 4 is 10.0 Å². The highest BCUT2D eigenvalue weighted by molar-refractivity contribution is 7.90. The molecule has 2 aliphatic heterocycles. The van der Waals surface area contributed by atoms with Crippen molar-refractivity contribution in [2.75, 3.05) is 13.1 Å². The Kier molecular flexibility index (Phi) is 3.05. The fraction of sp³-hybridized carbons (Fsp3) is 0.625. The fourth-order valence-electron chi connectivity index (χ4n) is 3.53. The zero-order valence-corrected chi connectivity index (χ0v) is 12.9. The first-order valence-electron chi connectivity index (χ1n) is 7.85. The molecule has 5 heteroatoms. The number of para-hydroxylation sites is 1. The van der Waals surface area contributed by atoms with Crippen LogP contribution in [0.4, 0.5) is 0 Å². The zero-order chi connectivity index (χ0) is 14.5. The van der Waals surface area contributed by atoms with Crippen molar-refractivity contribution in [1.82, 2.24) is 4.31 Å². The highest BCUT2D eigenvalue weighted by Gasteiger charge is 2.45. The van der Waals surface area contributed by atoms with E-state index < -0.39 is 10.0 Å². The minimum Gasteiger partial charge on any atom is -0.487 e. The number of sulfonamides is 1. The number of ether oxygens (including phenoxy) is 1. The van der Waals surface area contributed by atoms with Gasteiger partial charge in [0, 0.05) is 25.9 Å². The van der Waals surface area contributed by atoms with E-state index in [4.69, 9.17) is 4.74 Å². The number of rotatable bonds is 2. The molecule has 21 heavy (non-hydrogen) atoms. The van der Waals surface area contributed by atoms with Crippen molar-refractivity contribution in [1.29, 1.82) is 0 Å². The van der Waals surface area contributed by atoms with Crippen molar-refractivity contribution in [3.8, 4) is 5.75 Å². The predicted molar refractivity (Wildman–Crippen MR) is 80.9 cm³/mol. The first-order valence-corrected chi connectivity index (χ1v) is 9.35. The molecule has 1 saturated carbocycles. The van der Waals surface area contributed by atoms with E-state index in [9.17, 15) is 8.42 Å². The van der Waals surface area contributed by atoms with Crippen molar-refractivity contribution in [3.05, 3.63) is 29.8 Å². The largest absolute Gasteiger partial charge is 0.487 e. The van der Waals surface area contributed by atoms with Crippen LogP contribution in [0, 0.1) is 0 Å². The van der Waals surface area contributed by atoms with Gasteiger partial charge in [0.2, 0.25) is 10.0 Å². The average molecular weight is 307 g/mol. The summed E-state index contributed by atoms with van der Waals surface area (Å²) in [6, 6.07) is 8.20. The first kappa shape index (κ1) is 13.6. The second-order valence-electron chi connectivity index (χ2n) is 6.54. The second kappa shape index (κ2) is 4.71. The number of fused-ring (bicyclic) bond motifs is 1. The van der Waals surface area contributed by atoms with E-state index in [1.165, 1.54) is 5.56 Å². The van der Waals surface area contributed by atoms with E-state index in [1.54, 1.807) is 4.31 Å². The third-order valence-electron chi connectivity index (χ3n) is 5.09. The lowest BCUT2D eigenvalue weighted by Gasteiger charge is -2.44. The van der Waals surface area contributed by atoms with Crippen LogP contribution in [0.5, 0.6) is 5.75 Å². The van der Waals surface area contributed by atoms with Crippen molar-refractivity contribution < 1.29 is 13.2 Å². The lowest BCUT2D eigenvalue weighted by molar-refractivity contribution is 0.00178. The van der Waals surface area contributed by atoms with E-state index in [0.717, 1.165) is 44.3 Å². The molecule has 0 atom stereocenters. The molecule has 0 amide bonds. The van der Waals surface area contributed by atoms with E-state index in [1.807, 2.05) is 18.2 Å². The SMILES string of the molecule is O=S(=O)(C1CC1)N1CCC2(CCc3ccccc3O2)CC1. The van der Waals surface area contributed by atoms with Crippen LogP contribution >= 0.6 is 0 Å². The van der Waals surface area contributed by atoms with Gasteiger partial charge in [-0.2, -0.15) is 0 Å². The molecule has 2 heterocycles. The van der Waals surface area contributed by atoms with Gasteiger partial charge in [-0.25, -0.2) is 12.7 Å². The second-order valence-corrected chi connectivity index (χ2v) is 8.75. The van der Waals surface area contributed by atoms with Gasteiger partial charge >= 0.3 is 0 Å². The maximum absolute atomic E-state index is 12.3. The summed E-state index contributed by atoms with van der Waals surface area (Å²) >= 11 is 0. The summed E-state index contributed by atoms with van der Waals surface area (Å²) < 4.78 is 32.6. The van der Waals surface area contributed by atoms with Gasteiger partial charge in [0.1, 0.15) is 11.4 Å². The van der Waals surface area contributed by atoms with Gasteiger partial charge in [0.05, 0.1) is 5.25 Å². The Bertz CT molecular complexity index is 643. The van der Waals surface area contributed by atoms with E-state index in [2.05, 4.69) is 6.07 Å². The van der Waals surface area contributed by atoms with Crippen LogP contribution in [0.25, 0.3) is 0 Å². The molecule has 1 aliphatic carbocycles. The Balaban J connectivity index is 1.48. The lowest BCUT2D eigenvalue weighted by Crippen LogP contribution is -2.51. The van der Waals surface area contributed by atoms with E-state index in [0.29, 0.717) is 13.1 Å². The summed E-state index contributed by atoms with van der Waals surface area (Å²) in [7, 11) is -3.03. The van der Waals surface area contributed by atoms with Gasteiger partial charge in [-0.1, -0.05) is 18.2 Å². The van der Waals surface area contributed by atoms with Crippen LogP contribution in [0.3, 0.4) is 0 Å². The van der Waals surface area contributed by atoms with Gasteiger partial charge in [-0.3, -0.25) is 0 Å². The number of nitrogens with zero attached hydrogens (tertiary/aromatic N) is 1. The highest BCUT2D eigenvalue weighted by atomic mass is 32.2. The van der Waals surface area contributed by atoms with Crippen molar-refractivity contribution in [2.24, 2.45) is 0 Å². The number of piperidine rings is 1. The molecule has 114 valence electrons. The quantitative estimate of drug-likeness (QED) is 0.842. The maximum Gasteiger partial charge on any atom is 0.216 e. The number of hydrogen-bond acceptors (Lipinski definition) is 3. The lowest BCUT2D eigenvalue weighted by atomic mass is 9.84. The van der Waals surface area contributed by atoms with Crippen LogP contribution in [-0.2, 0) is 16.4 Å². The zero-order valence-electron chi connectivity index (χ0n) is 12.1. The van der Waals surface area contributed by atoms with Gasteiger partial charge in [0.25, 0.3) is 0 Å². The average Bonchev–Trinajstić information content (AvgIpc) is 3.33. The van der Waals surface area contributed by atoms with Gasteiger partial charge in [0.15, 0.2) is 0 Å². The third kappa shape index (κ3) is 2.36. The fourth-order valence-corrected chi connectivity index (χ4v) is 5.38.